The molecule has 0 aliphatic carbocycles. The van der Waals surface area contributed by atoms with Crippen LogP contribution in [0.4, 0.5) is 10.5 Å². The van der Waals surface area contributed by atoms with E-state index in [0.717, 1.165) is 5.56 Å². The number of amides is 3. The quantitative estimate of drug-likeness (QED) is 0.721. The number of ether oxygens (including phenoxy) is 1. The third-order valence-corrected chi connectivity index (χ3v) is 3.54. The molecule has 1 atom stereocenters. The van der Waals surface area contributed by atoms with Gasteiger partial charge in [0.1, 0.15) is 5.75 Å². The predicted molar refractivity (Wildman–Crippen MR) is 95.4 cm³/mol. The van der Waals surface area contributed by atoms with Crippen molar-refractivity contribution in [3.8, 4) is 5.75 Å². The number of nitrogens with one attached hydrogen (secondary N) is 3. The average Bonchev–Trinajstić information content (AvgIpc) is 2.63. The monoisotopic (exact) mass is 342 g/mol. The Balaban J connectivity index is 1.80. The van der Waals surface area contributed by atoms with Gasteiger partial charge >= 0.3 is 6.03 Å². The molecular weight excluding hydrogens is 320 g/mol. The Morgan fingerprint density at radius 1 is 1.12 bits per heavy atom. The molecular formula is C18H22N4O3. The largest absolute Gasteiger partial charge is 0.493 e. The summed E-state index contributed by atoms with van der Waals surface area (Å²) in [6.07, 6.45) is 3.67. The van der Waals surface area contributed by atoms with Gasteiger partial charge in [-0.1, -0.05) is 0 Å². The molecule has 2 aromatic rings. The van der Waals surface area contributed by atoms with Crippen LogP contribution in [-0.4, -0.2) is 30.6 Å². The summed E-state index contributed by atoms with van der Waals surface area (Å²) < 4.78 is 5.47. The summed E-state index contributed by atoms with van der Waals surface area (Å²) in [5.41, 5.74) is 1.63. The zero-order valence-electron chi connectivity index (χ0n) is 14.3. The molecule has 7 heteroatoms. The molecule has 7 nitrogen and oxygen atoms in total. The van der Waals surface area contributed by atoms with Crippen molar-refractivity contribution in [2.75, 3.05) is 19.0 Å². The van der Waals surface area contributed by atoms with Crippen LogP contribution in [-0.2, 0) is 4.79 Å². The number of benzene rings is 1. The summed E-state index contributed by atoms with van der Waals surface area (Å²) >= 11 is 0. The van der Waals surface area contributed by atoms with E-state index in [-0.39, 0.29) is 18.0 Å². The maximum Gasteiger partial charge on any atom is 0.319 e. The molecule has 0 aliphatic heterocycles. The first-order chi connectivity index (χ1) is 12.1. The fourth-order valence-electron chi connectivity index (χ4n) is 2.12. The molecule has 0 saturated carbocycles. The van der Waals surface area contributed by atoms with Gasteiger partial charge in [0.05, 0.1) is 19.1 Å². The van der Waals surface area contributed by atoms with Gasteiger partial charge in [0.25, 0.3) is 0 Å². The number of urea groups is 1. The Morgan fingerprint density at radius 3 is 2.44 bits per heavy atom. The molecule has 0 radical (unpaired) electrons. The summed E-state index contributed by atoms with van der Waals surface area (Å²) in [5.74, 6) is 0.568. The van der Waals surface area contributed by atoms with E-state index in [1.807, 2.05) is 19.1 Å². The molecule has 0 aliphatic rings. The number of nitrogens with zero attached hydrogens (tertiary/aromatic N) is 1. The van der Waals surface area contributed by atoms with Crippen molar-refractivity contribution in [3.63, 3.8) is 0 Å². The van der Waals surface area contributed by atoms with Gasteiger partial charge in [0.15, 0.2) is 0 Å². The van der Waals surface area contributed by atoms with E-state index in [1.165, 1.54) is 0 Å². The van der Waals surface area contributed by atoms with Crippen molar-refractivity contribution in [3.05, 3.63) is 54.4 Å². The lowest BCUT2D eigenvalue weighted by molar-refractivity contribution is -0.121. The van der Waals surface area contributed by atoms with Crippen LogP contribution < -0.4 is 20.7 Å². The van der Waals surface area contributed by atoms with Gasteiger partial charge in [-0.2, -0.15) is 0 Å². The summed E-state index contributed by atoms with van der Waals surface area (Å²) in [7, 11) is 1.59. The van der Waals surface area contributed by atoms with Crippen molar-refractivity contribution < 1.29 is 14.3 Å². The second-order valence-electron chi connectivity index (χ2n) is 5.40. The first-order valence-electron chi connectivity index (χ1n) is 7.99. The SMILES string of the molecule is CNC(=O)CCOc1ccc(NC(=O)NC(C)c2ccncc2)cc1. The second kappa shape index (κ2) is 9.27. The lowest BCUT2D eigenvalue weighted by atomic mass is 10.1. The lowest BCUT2D eigenvalue weighted by Crippen LogP contribution is -2.31. The van der Waals surface area contributed by atoms with Crippen molar-refractivity contribution >= 4 is 17.6 Å². The maximum absolute atomic E-state index is 12.0. The highest BCUT2D eigenvalue weighted by atomic mass is 16.5. The van der Waals surface area contributed by atoms with E-state index in [4.69, 9.17) is 4.74 Å². The number of hydrogen-bond acceptors (Lipinski definition) is 4. The van der Waals surface area contributed by atoms with Crippen LogP contribution in [0, 0.1) is 0 Å². The van der Waals surface area contributed by atoms with Gasteiger partial charge in [0, 0.05) is 25.1 Å². The fourth-order valence-corrected chi connectivity index (χ4v) is 2.12. The third-order valence-electron chi connectivity index (χ3n) is 3.54. The minimum atomic E-state index is -0.294. The van der Waals surface area contributed by atoms with Gasteiger partial charge in [0.2, 0.25) is 5.91 Å². The molecule has 132 valence electrons. The number of aromatic nitrogens is 1. The molecule has 0 fully saturated rings. The van der Waals surface area contributed by atoms with E-state index < -0.39 is 0 Å². The van der Waals surface area contributed by atoms with Crippen molar-refractivity contribution in [2.45, 2.75) is 19.4 Å². The van der Waals surface area contributed by atoms with Crippen LogP contribution in [0.25, 0.3) is 0 Å². The van der Waals surface area contributed by atoms with Gasteiger partial charge in [-0.15, -0.1) is 0 Å². The van der Waals surface area contributed by atoms with Gasteiger partial charge < -0.3 is 20.7 Å². The van der Waals surface area contributed by atoms with Crippen LogP contribution in [0.2, 0.25) is 0 Å². The maximum atomic E-state index is 12.0. The van der Waals surface area contributed by atoms with Gasteiger partial charge in [-0.25, -0.2) is 4.79 Å². The average molecular weight is 342 g/mol. The fraction of sp³-hybridized carbons (Fsp3) is 0.278. The minimum Gasteiger partial charge on any atom is -0.493 e. The molecule has 2 rings (SSSR count). The second-order valence-corrected chi connectivity index (χ2v) is 5.40. The number of carbonyl (C=O) groups is 2. The summed E-state index contributed by atoms with van der Waals surface area (Å²) in [5, 5.41) is 8.16. The molecule has 3 N–H and O–H groups in total. The zero-order chi connectivity index (χ0) is 18.1. The molecule has 1 aromatic heterocycles. The van der Waals surface area contributed by atoms with E-state index in [0.29, 0.717) is 24.5 Å². The molecule has 25 heavy (non-hydrogen) atoms. The van der Waals surface area contributed by atoms with Crippen LogP contribution >= 0.6 is 0 Å². The molecule has 1 unspecified atom stereocenters. The lowest BCUT2D eigenvalue weighted by Gasteiger charge is -2.15. The smallest absolute Gasteiger partial charge is 0.319 e. The summed E-state index contributed by atoms with van der Waals surface area (Å²) in [4.78, 5) is 27.1. The van der Waals surface area contributed by atoms with Crippen LogP contribution in [0.15, 0.2) is 48.8 Å². The first kappa shape index (κ1) is 18.3. The number of rotatable bonds is 7. The Kier molecular flexibility index (Phi) is 6.76. The number of hydrogen-bond donors (Lipinski definition) is 3. The topological polar surface area (TPSA) is 92.4 Å². The minimum absolute atomic E-state index is 0.0710. The number of anilines is 1. The Bertz CT molecular complexity index is 689. The summed E-state index contributed by atoms with van der Waals surface area (Å²) in [6.45, 7) is 2.20. The van der Waals surface area contributed by atoms with E-state index in [2.05, 4.69) is 20.9 Å². The summed E-state index contributed by atoms with van der Waals surface area (Å²) in [6, 6.07) is 10.3. The van der Waals surface area contributed by atoms with Crippen LogP contribution in [0.3, 0.4) is 0 Å². The van der Waals surface area contributed by atoms with Crippen molar-refractivity contribution in [1.29, 1.82) is 0 Å². The Morgan fingerprint density at radius 2 is 1.80 bits per heavy atom. The van der Waals surface area contributed by atoms with Gasteiger partial charge in [-0.3, -0.25) is 9.78 Å². The molecule has 1 aromatic carbocycles. The molecule has 3 amide bonds. The molecule has 0 bridgehead atoms. The van der Waals surface area contributed by atoms with Crippen LogP contribution in [0.5, 0.6) is 5.75 Å². The highest BCUT2D eigenvalue weighted by molar-refractivity contribution is 5.89. The predicted octanol–water partition coefficient (Wildman–Crippen LogP) is 2.48. The van der Waals surface area contributed by atoms with Crippen LogP contribution in [0.1, 0.15) is 24.9 Å². The third kappa shape index (κ3) is 6.14. The molecule has 1 heterocycles. The molecule has 0 spiro atoms. The molecule has 0 saturated heterocycles. The van der Waals surface area contributed by atoms with Gasteiger partial charge in [-0.05, 0) is 48.9 Å². The first-order valence-corrected chi connectivity index (χ1v) is 7.99. The highest BCUT2D eigenvalue weighted by Crippen LogP contribution is 2.16. The number of carbonyl (C=O) groups excluding carboxylic acids is 2. The normalized spacial score (nSPS) is 11.3. The highest BCUT2D eigenvalue weighted by Gasteiger charge is 2.09. The number of pyridine rings is 1. The van der Waals surface area contributed by atoms with E-state index in [1.54, 1.807) is 43.7 Å². The van der Waals surface area contributed by atoms with Crippen molar-refractivity contribution in [2.24, 2.45) is 0 Å². The van der Waals surface area contributed by atoms with E-state index in [9.17, 15) is 9.59 Å². The van der Waals surface area contributed by atoms with Crippen molar-refractivity contribution in [1.82, 2.24) is 15.6 Å². The Labute approximate surface area is 146 Å². The standard InChI is InChI=1S/C18H22N4O3/c1-13(14-7-10-20-11-8-14)21-18(24)22-15-3-5-16(6-4-15)25-12-9-17(23)19-2/h3-8,10-11,13H,9,12H2,1-2H3,(H,19,23)(H2,21,22,24). The van der Waals surface area contributed by atoms with E-state index >= 15 is 0 Å². The zero-order valence-corrected chi connectivity index (χ0v) is 14.3. The Hall–Kier alpha value is -3.09.